The molecule has 4 rings (SSSR count). The van der Waals surface area contributed by atoms with Gasteiger partial charge in [0, 0.05) is 48.1 Å². The molecule has 5 heteroatoms. The highest BCUT2D eigenvalue weighted by Gasteiger charge is 2.28. The number of nitrogens with one attached hydrogen (secondary N) is 1. The van der Waals surface area contributed by atoms with E-state index in [1.165, 1.54) is 0 Å². The summed E-state index contributed by atoms with van der Waals surface area (Å²) in [6, 6.07) is 10.0. The summed E-state index contributed by atoms with van der Waals surface area (Å²) in [5.41, 5.74) is 1.81. The Morgan fingerprint density at radius 3 is 3.14 bits per heavy atom. The molecule has 1 saturated heterocycles. The maximum atomic E-state index is 12.6. The molecule has 1 aliphatic heterocycles. The molecule has 1 N–H and O–H groups in total. The van der Waals surface area contributed by atoms with Crippen molar-refractivity contribution in [3.63, 3.8) is 0 Å². The van der Waals surface area contributed by atoms with Crippen molar-refractivity contribution in [2.75, 3.05) is 13.1 Å². The Balaban J connectivity index is 1.55. The fourth-order valence-corrected chi connectivity index (χ4v) is 3.01. The molecule has 1 atom stereocenters. The molecule has 21 heavy (non-hydrogen) atoms. The lowest BCUT2D eigenvalue weighted by Crippen LogP contribution is -2.29. The van der Waals surface area contributed by atoms with Gasteiger partial charge in [0.2, 0.25) is 0 Å². The number of H-pyrrole nitrogens is 1. The van der Waals surface area contributed by atoms with Gasteiger partial charge in [0.05, 0.1) is 6.04 Å². The number of fused-ring (bicyclic) bond motifs is 1. The molecule has 1 amide bonds. The van der Waals surface area contributed by atoms with E-state index in [0.29, 0.717) is 6.04 Å². The molecule has 1 aliphatic rings. The van der Waals surface area contributed by atoms with E-state index >= 15 is 0 Å². The normalized spacial score (nSPS) is 18.5. The van der Waals surface area contributed by atoms with Crippen LogP contribution >= 0.6 is 0 Å². The van der Waals surface area contributed by atoms with Gasteiger partial charge in [-0.2, -0.15) is 5.10 Å². The van der Waals surface area contributed by atoms with Crippen LogP contribution in [0.3, 0.4) is 0 Å². The van der Waals surface area contributed by atoms with E-state index in [1.807, 2.05) is 52.3 Å². The highest BCUT2D eigenvalue weighted by molar-refractivity contribution is 5.98. The summed E-state index contributed by atoms with van der Waals surface area (Å²) in [5.74, 6) is 0.104. The summed E-state index contributed by atoms with van der Waals surface area (Å²) in [7, 11) is 0. The Kier molecular flexibility index (Phi) is 2.77. The third-order valence-electron chi connectivity index (χ3n) is 4.15. The van der Waals surface area contributed by atoms with Crippen molar-refractivity contribution in [3.8, 4) is 0 Å². The Hall–Kier alpha value is -2.56. The predicted molar refractivity (Wildman–Crippen MR) is 80.1 cm³/mol. The maximum Gasteiger partial charge on any atom is 0.253 e. The van der Waals surface area contributed by atoms with Gasteiger partial charge in [0.15, 0.2) is 0 Å². The van der Waals surface area contributed by atoms with Crippen molar-refractivity contribution in [2.24, 2.45) is 0 Å². The summed E-state index contributed by atoms with van der Waals surface area (Å²) in [5, 5.41) is 5.35. The molecule has 0 radical (unpaired) electrons. The topological polar surface area (TPSA) is 53.9 Å². The molecule has 3 aromatic rings. The molecule has 0 saturated carbocycles. The minimum Gasteiger partial charge on any atom is -0.361 e. The van der Waals surface area contributed by atoms with E-state index in [-0.39, 0.29) is 5.91 Å². The second-order valence-corrected chi connectivity index (χ2v) is 5.46. The number of amides is 1. The van der Waals surface area contributed by atoms with Crippen LogP contribution < -0.4 is 0 Å². The molecular weight excluding hydrogens is 264 g/mol. The maximum absolute atomic E-state index is 12.6. The zero-order chi connectivity index (χ0) is 14.2. The monoisotopic (exact) mass is 280 g/mol. The van der Waals surface area contributed by atoms with Crippen LogP contribution in [-0.2, 0) is 0 Å². The van der Waals surface area contributed by atoms with E-state index in [2.05, 4.69) is 10.1 Å². The van der Waals surface area contributed by atoms with Crippen molar-refractivity contribution in [3.05, 3.63) is 54.5 Å². The zero-order valence-electron chi connectivity index (χ0n) is 11.6. The molecule has 5 nitrogen and oxygen atoms in total. The number of aromatic nitrogens is 3. The molecule has 1 fully saturated rings. The van der Waals surface area contributed by atoms with Gasteiger partial charge in [-0.05, 0) is 36.8 Å². The second-order valence-electron chi connectivity index (χ2n) is 5.46. The first-order valence-electron chi connectivity index (χ1n) is 7.17. The molecule has 106 valence electrons. The molecule has 0 spiro atoms. The first kappa shape index (κ1) is 12.2. The summed E-state index contributed by atoms with van der Waals surface area (Å²) in [6.07, 6.45) is 6.59. The van der Waals surface area contributed by atoms with Crippen molar-refractivity contribution in [1.82, 2.24) is 19.7 Å². The number of carbonyl (C=O) groups excluding carboxylic acids is 1. The van der Waals surface area contributed by atoms with Crippen molar-refractivity contribution in [1.29, 1.82) is 0 Å². The van der Waals surface area contributed by atoms with Gasteiger partial charge in [-0.15, -0.1) is 0 Å². The molecule has 3 heterocycles. The fraction of sp³-hybridized carbons (Fsp3) is 0.250. The minimum atomic E-state index is 0.104. The average Bonchev–Trinajstić information content (AvgIpc) is 3.24. The molecule has 1 aromatic carbocycles. The van der Waals surface area contributed by atoms with Gasteiger partial charge in [0.25, 0.3) is 5.91 Å². The number of likely N-dealkylation sites (tertiary alicyclic amines) is 1. The summed E-state index contributed by atoms with van der Waals surface area (Å²) >= 11 is 0. The standard InChI is InChI=1S/C16H16N4O/c21-16(13-2-3-15-12(10-13)4-7-17-15)19-9-5-14(11-19)20-8-1-6-18-20/h1-4,6-8,10,14,17H,5,9,11H2. The predicted octanol–water partition coefficient (Wildman–Crippen LogP) is 2.45. The number of hydrogen-bond donors (Lipinski definition) is 1. The second kappa shape index (κ2) is 4.77. The summed E-state index contributed by atoms with van der Waals surface area (Å²) in [4.78, 5) is 17.7. The number of aromatic amines is 1. The zero-order valence-corrected chi connectivity index (χ0v) is 11.6. The van der Waals surface area contributed by atoms with E-state index in [4.69, 9.17) is 0 Å². The van der Waals surface area contributed by atoms with Crippen LogP contribution in [0.5, 0.6) is 0 Å². The van der Waals surface area contributed by atoms with Gasteiger partial charge in [0.1, 0.15) is 0 Å². The molecule has 0 bridgehead atoms. The van der Waals surface area contributed by atoms with Crippen LogP contribution in [0.2, 0.25) is 0 Å². The summed E-state index contributed by atoms with van der Waals surface area (Å²) < 4.78 is 1.95. The lowest BCUT2D eigenvalue weighted by Gasteiger charge is -2.17. The van der Waals surface area contributed by atoms with Crippen LogP contribution in [-0.4, -0.2) is 38.7 Å². The van der Waals surface area contributed by atoms with Crippen molar-refractivity contribution in [2.45, 2.75) is 12.5 Å². The summed E-state index contributed by atoms with van der Waals surface area (Å²) in [6.45, 7) is 1.51. The van der Waals surface area contributed by atoms with E-state index in [1.54, 1.807) is 6.20 Å². The van der Waals surface area contributed by atoms with E-state index in [9.17, 15) is 4.79 Å². The van der Waals surface area contributed by atoms with Crippen LogP contribution in [0.25, 0.3) is 10.9 Å². The first-order valence-corrected chi connectivity index (χ1v) is 7.17. The Morgan fingerprint density at radius 2 is 2.29 bits per heavy atom. The van der Waals surface area contributed by atoms with Crippen LogP contribution in [0.1, 0.15) is 22.8 Å². The smallest absolute Gasteiger partial charge is 0.253 e. The largest absolute Gasteiger partial charge is 0.361 e. The SMILES string of the molecule is O=C(c1ccc2[nH]ccc2c1)N1CCC(n2cccn2)C1. The molecule has 1 unspecified atom stereocenters. The van der Waals surface area contributed by atoms with Gasteiger partial charge in [-0.1, -0.05) is 0 Å². The number of benzene rings is 1. The first-order chi connectivity index (χ1) is 10.3. The van der Waals surface area contributed by atoms with E-state index in [0.717, 1.165) is 36.0 Å². The Labute approximate surface area is 122 Å². The minimum absolute atomic E-state index is 0.104. The van der Waals surface area contributed by atoms with Crippen molar-refractivity contribution < 1.29 is 4.79 Å². The lowest BCUT2D eigenvalue weighted by molar-refractivity contribution is 0.0787. The van der Waals surface area contributed by atoms with Crippen molar-refractivity contribution >= 4 is 16.8 Å². The van der Waals surface area contributed by atoms with E-state index < -0.39 is 0 Å². The van der Waals surface area contributed by atoms with Gasteiger partial charge >= 0.3 is 0 Å². The van der Waals surface area contributed by atoms with Crippen LogP contribution in [0, 0.1) is 0 Å². The molecular formula is C16H16N4O. The average molecular weight is 280 g/mol. The Morgan fingerprint density at radius 1 is 1.33 bits per heavy atom. The molecule has 0 aliphatic carbocycles. The number of hydrogen-bond acceptors (Lipinski definition) is 2. The van der Waals surface area contributed by atoms with Gasteiger partial charge in [-0.3, -0.25) is 9.48 Å². The van der Waals surface area contributed by atoms with Gasteiger partial charge < -0.3 is 9.88 Å². The number of nitrogens with zero attached hydrogens (tertiary/aromatic N) is 3. The Bertz CT molecular complexity index is 775. The third-order valence-corrected chi connectivity index (χ3v) is 4.15. The van der Waals surface area contributed by atoms with Crippen LogP contribution in [0.4, 0.5) is 0 Å². The number of rotatable bonds is 2. The van der Waals surface area contributed by atoms with Crippen LogP contribution in [0.15, 0.2) is 48.9 Å². The lowest BCUT2D eigenvalue weighted by atomic mass is 10.1. The number of carbonyl (C=O) groups is 1. The third kappa shape index (κ3) is 2.11. The molecule has 2 aromatic heterocycles. The fourth-order valence-electron chi connectivity index (χ4n) is 3.01. The highest BCUT2D eigenvalue weighted by Crippen LogP contribution is 2.23. The quantitative estimate of drug-likeness (QED) is 0.784. The van der Waals surface area contributed by atoms with Gasteiger partial charge in [-0.25, -0.2) is 0 Å². The highest BCUT2D eigenvalue weighted by atomic mass is 16.2.